The van der Waals surface area contributed by atoms with Crippen molar-refractivity contribution in [2.45, 2.75) is 49.8 Å². The third kappa shape index (κ3) is 6.82. The Morgan fingerprint density at radius 3 is 1.96 bits per heavy atom. The predicted octanol–water partition coefficient (Wildman–Crippen LogP) is 8.71. The maximum absolute atomic E-state index is 14.1. The molecule has 1 atom stereocenters. The van der Waals surface area contributed by atoms with Crippen LogP contribution in [-0.4, -0.2) is 26.6 Å². The number of halogens is 8. The molecule has 254 valence electrons. The summed E-state index contributed by atoms with van der Waals surface area (Å²) in [4.78, 5) is 11.7. The molecule has 0 spiro atoms. The molecule has 0 bridgehead atoms. The average molecular weight is 701 g/mol. The van der Waals surface area contributed by atoms with Gasteiger partial charge in [0.15, 0.2) is 0 Å². The number of hydrogen-bond acceptors (Lipinski definition) is 6. The van der Waals surface area contributed by atoms with Crippen LogP contribution in [0.25, 0.3) is 11.1 Å². The van der Waals surface area contributed by atoms with Crippen molar-refractivity contribution in [3.05, 3.63) is 112 Å². The fourth-order valence-corrected chi connectivity index (χ4v) is 6.02. The summed E-state index contributed by atoms with van der Waals surface area (Å²) in [6.45, 7) is 4.99. The predicted molar refractivity (Wildman–Crippen MR) is 154 cm³/mol. The number of benzene rings is 4. The van der Waals surface area contributed by atoms with Gasteiger partial charge in [-0.15, -0.1) is 0 Å². The molecule has 15 heteroatoms. The number of rotatable bonds is 6. The van der Waals surface area contributed by atoms with E-state index in [2.05, 4.69) is 4.18 Å². The number of ether oxygens (including phenoxy) is 2. The van der Waals surface area contributed by atoms with Crippen LogP contribution in [0, 0.1) is 29.1 Å². The largest absolute Gasteiger partial charge is 0.493 e. The van der Waals surface area contributed by atoms with Crippen LogP contribution < -0.4 is 8.92 Å². The molecule has 0 N–H and O–H groups in total. The Hall–Kier alpha value is -4.66. The zero-order chi connectivity index (χ0) is 35.3. The van der Waals surface area contributed by atoms with Crippen molar-refractivity contribution in [2.24, 2.45) is 0 Å². The number of alkyl halides is 3. The lowest BCUT2D eigenvalue weighted by Gasteiger charge is -2.29. The maximum Gasteiger partial charge on any atom is 0.416 e. The van der Waals surface area contributed by atoms with Gasteiger partial charge < -0.3 is 13.7 Å². The minimum atomic E-state index is -5.19. The molecule has 1 heterocycles. The van der Waals surface area contributed by atoms with Gasteiger partial charge in [-0.25, -0.2) is 18.0 Å². The quantitative estimate of drug-likeness (QED) is 0.0659. The summed E-state index contributed by atoms with van der Waals surface area (Å²) < 4.78 is 151. The van der Waals surface area contributed by atoms with Gasteiger partial charge in [-0.1, -0.05) is 24.3 Å². The van der Waals surface area contributed by atoms with Crippen LogP contribution in [0.3, 0.4) is 0 Å². The lowest BCUT2D eigenvalue weighted by atomic mass is 9.82. The third-order valence-corrected chi connectivity index (χ3v) is 8.48. The number of esters is 1. The van der Waals surface area contributed by atoms with Gasteiger partial charge in [0, 0.05) is 17.5 Å². The van der Waals surface area contributed by atoms with E-state index >= 15 is 0 Å². The Kier molecular flexibility index (Phi) is 8.97. The van der Waals surface area contributed by atoms with Crippen molar-refractivity contribution in [1.82, 2.24) is 0 Å². The Morgan fingerprint density at radius 1 is 0.792 bits per heavy atom. The Morgan fingerprint density at radius 2 is 1.38 bits per heavy atom. The zero-order valence-corrected chi connectivity index (χ0v) is 26.0. The summed E-state index contributed by atoms with van der Waals surface area (Å²) >= 11 is 0. The first kappa shape index (κ1) is 34.7. The standard InChI is InChI=1S/C33H24F8O6S/c1-32(2,3)46-31(42)17-6-4-16(5-7-17)23-14-18(33(39,40)41)8-10-20(23)21-12-13-45-24-15-19(9-11-22(21)24)48(43,44)47-30-28(37)26(35)25(34)27(36)29(30)38/h4-11,14-15,21H,12-13H2,1-3H3. The van der Waals surface area contributed by atoms with Gasteiger partial charge in [-0.05, 0) is 74.2 Å². The first-order valence-electron chi connectivity index (χ1n) is 14.1. The van der Waals surface area contributed by atoms with Crippen molar-refractivity contribution < 1.29 is 62.0 Å². The summed E-state index contributed by atoms with van der Waals surface area (Å²) in [5.74, 6) is -15.8. The van der Waals surface area contributed by atoms with Crippen LogP contribution in [0.4, 0.5) is 35.1 Å². The molecule has 5 rings (SSSR count). The van der Waals surface area contributed by atoms with E-state index in [1.54, 1.807) is 20.8 Å². The van der Waals surface area contributed by atoms with Gasteiger partial charge in [0.2, 0.25) is 34.8 Å². The van der Waals surface area contributed by atoms with Crippen molar-refractivity contribution in [3.8, 4) is 22.6 Å². The van der Waals surface area contributed by atoms with Crippen molar-refractivity contribution in [1.29, 1.82) is 0 Å². The zero-order valence-electron chi connectivity index (χ0n) is 25.1. The van der Waals surface area contributed by atoms with Gasteiger partial charge in [-0.3, -0.25) is 0 Å². The molecule has 0 radical (unpaired) electrons. The molecule has 0 amide bonds. The number of hydrogen-bond donors (Lipinski definition) is 0. The molecule has 0 saturated heterocycles. The topological polar surface area (TPSA) is 78.9 Å². The van der Waals surface area contributed by atoms with Crippen LogP contribution in [0.5, 0.6) is 11.5 Å². The molecule has 1 aliphatic rings. The second-order valence-electron chi connectivity index (χ2n) is 11.7. The van der Waals surface area contributed by atoms with Crippen LogP contribution in [0.1, 0.15) is 60.2 Å². The minimum Gasteiger partial charge on any atom is -0.493 e. The average Bonchev–Trinajstić information content (AvgIpc) is 3.03. The van der Waals surface area contributed by atoms with E-state index < -0.39 is 79.1 Å². The fourth-order valence-electron chi connectivity index (χ4n) is 5.07. The summed E-state index contributed by atoms with van der Waals surface area (Å²) in [7, 11) is -5.19. The molecule has 0 fully saturated rings. The SMILES string of the molecule is CC(C)(C)OC(=O)c1ccc(-c2cc(C(F)(F)F)ccc2C2CCOc3cc(S(=O)(=O)Oc4c(F)c(F)c(F)c(F)c4F)ccc32)cc1. The minimum absolute atomic E-state index is 0.0439. The number of carbonyl (C=O) groups is 1. The summed E-state index contributed by atoms with van der Waals surface area (Å²) in [5.41, 5.74) is -0.364. The molecular formula is C33H24F8O6S. The maximum atomic E-state index is 14.1. The molecule has 4 aromatic rings. The van der Waals surface area contributed by atoms with E-state index in [-0.39, 0.29) is 29.9 Å². The molecule has 4 aromatic carbocycles. The van der Waals surface area contributed by atoms with Crippen LogP contribution in [0.2, 0.25) is 0 Å². The van der Waals surface area contributed by atoms with Crippen LogP contribution in [0.15, 0.2) is 65.6 Å². The van der Waals surface area contributed by atoms with Gasteiger partial charge >= 0.3 is 22.3 Å². The molecule has 1 unspecified atom stereocenters. The first-order valence-corrected chi connectivity index (χ1v) is 15.5. The lowest BCUT2D eigenvalue weighted by molar-refractivity contribution is -0.137. The van der Waals surface area contributed by atoms with E-state index in [0.29, 0.717) is 16.7 Å². The molecule has 0 saturated carbocycles. The smallest absolute Gasteiger partial charge is 0.416 e. The highest BCUT2D eigenvalue weighted by Crippen LogP contribution is 2.45. The number of fused-ring (bicyclic) bond motifs is 1. The molecular weight excluding hydrogens is 676 g/mol. The lowest BCUT2D eigenvalue weighted by Crippen LogP contribution is -2.23. The molecule has 6 nitrogen and oxygen atoms in total. The number of carbonyl (C=O) groups excluding carboxylic acids is 1. The van der Waals surface area contributed by atoms with Gasteiger partial charge in [0.1, 0.15) is 16.2 Å². The highest BCUT2D eigenvalue weighted by atomic mass is 32.2. The molecule has 48 heavy (non-hydrogen) atoms. The van der Waals surface area contributed by atoms with Crippen molar-refractivity contribution in [2.75, 3.05) is 6.61 Å². The van der Waals surface area contributed by atoms with E-state index in [1.807, 2.05) is 0 Å². The molecule has 0 aliphatic carbocycles. The van der Waals surface area contributed by atoms with E-state index in [1.165, 1.54) is 36.4 Å². The summed E-state index contributed by atoms with van der Waals surface area (Å²) in [6, 6.07) is 11.9. The van der Waals surface area contributed by atoms with E-state index in [9.17, 15) is 48.3 Å². The van der Waals surface area contributed by atoms with Gasteiger partial charge in [0.25, 0.3) is 0 Å². The third-order valence-electron chi connectivity index (χ3n) is 7.26. The molecule has 1 aliphatic heterocycles. The monoisotopic (exact) mass is 700 g/mol. The summed E-state index contributed by atoms with van der Waals surface area (Å²) in [6.07, 6.45) is -4.47. The highest BCUT2D eigenvalue weighted by molar-refractivity contribution is 7.87. The van der Waals surface area contributed by atoms with Crippen molar-refractivity contribution in [3.63, 3.8) is 0 Å². The second-order valence-corrected chi connectivity index (χ2v) is 13.3. The second kappa shape index (κ2) is 12.4. The Bertz CT molecular complexity index is 1990. The fraction of sp³-hybridized carbons (Fsp3) is 0.242. The van der Waals surface area contributed by atoms with E-state index in [4.69, 9.17) is 9.47 Å². The Balaban J connectivity index is 1.54. The van der Waals surface area contributed by atoms with E-state index in [0.717, 1.165) is 24.3 Å². The van der Waals surface area contributed by atoms with Crippen molar-refractivity contribution >= 4 is 16.1 Å². The first-order chi connectivity index (χ1) is 22.3. The van der Waals surface area contributed by atoms with Gasteiger partial charge in [0.05, 0.1) is 17.7 Å². The van der Waals surface area contributed by atoms with Crippen LogP contribution in [-0.2, 0) is 21.0 Å². The Labute approximate surface area is 269 Å². The highest BCUT2D eigenvalue weighted by Gasteiger charge is 2.35. The normalized spacial score (nSPS) is 15.0. The van der Waals surface area contributed by atoms with Gasteiger partial charge in [-0.2, -0.15) is 30.4 Å². The molecule has 0 aromatic heterocycles. The summed E-state index contributed by atoms with van der Waals surface area (Å²) in [5, 5.41) is 0. The van der Waals surface area contributed by atoms with Crippen LogP contribution >= 0.6 is 0 Å².